The molecule has 0 saturated heterocycles. The lowest BCUT2D eigenvalue weighted by molar-refractivity contribution is 0.309. The molecular weight excluding hydrogens is 178 g/mol. The van der Waals surface area contributed by atoms with Crippen LogP contribution in [0.1, 0.15) is 12.2 Å². The molecule has 0 aliphatic carbocycles. The van der Waals surface area contributed by atoms with Gasteiger partial charge in [-0.2, -0.15) is 0 Å². The standard InChI is InChI=1S/C9H19N5/c1-10-5-4-6-13(2)7-9-12-11-8-14(9)3/h8,10H,4-7H2,1-3H3. The zero-order valence-electron chi connectivity index (χ0n) is 9.19. The molecule has 80 valence electrons. The zero-order chi connectivity index (χ0) is 10.4. The Labute approximate surface area is 85.1 Å². The van der Waals surface area contributed by atoms with Crippen molar-refractivity contribution < 1.29 is 0 Å². The van der Waals surface area contributed by atoms with E-state index in [4.69, 9.17) is 0 Å². The first-order valence-electron chi connectivity index (χ1n) is 4.90. The van der Waals surface area contributed by atoms with Gasteiger partial charge in [-0.05, 0) is 33.6 Å². The van der Waals surface area contributed by atoms with Gasteiger partial charge in [-0.15, -0.1) is 10.2 Å². The van der Waals surface area contributed by atoms with Crippen LogP contribution in [-0.4, -0.2) is 46.8 Å². The van der Waals surface area contributed by atoms with Gasteiger partial charge in [-0.25, -0.2) is 0 Å². The summed E-state index contributed by atoms with van der Waals surface area (Å²) in [7, 11) is 6.05. The number of hydrogen-bond donors (Lipinski definition) is 1. The number of aromatic nitrogens is 3. The Bertz CT molecular complexity index is 257. The smallest absolute Gasteiger partial charge is 0.146 e. The minimum Gasteiger partial charge on any atom is -0.320 e. The molecule has 0 aliphatic heterocycles. The van der Waals surface area contributed by atoms with E-state index in [1.54, 1.807) is 6.33 Å². The van der Waals surface area contributed by atoms with E-state index in [1.807, 2.05) is 18.7 Å². The van der Waals surface area contributed by atoms with Crippen molar-refractivity contribution in [1.82, 2.24) is 25.0 Å². The number of hydrogen-bond acceptors (Lipinski definition) is 4. The average Bonchev–Trinajstić information content (AvgIpc) is 2.52. The third-order valence-electron chi connectivity index (χ3n) is 2.18. The van der Waals surface area contributed by atoms with Gasteiger partial charge in [0.1, 0.15) is 12.2 Å². The third kappa shape index (κ3) is 3.43. The molecule has 0 radical (unpaired) electrons. The van der Waals surface area contributed by atoms with Crippen LogP contribution >= 0.6 is 0 Å². The molecule has 1 rings (SSSR count). The number of aryl methyl sites for hydroxylation is 1. The fraction of sp³-hybridized carbons (Fsp3) is 0.778. The number of nitrogens with zero attached hydrogens (tertiary/aromatic N) is 4. The first-order chi connectivity index (χ1) is 6.74. The first-order valence-corrected chi connectivity index (χ1v) is 4.90. The lowest BCUT2D eigenvalue weighted by Gasteiger charge is -2.15. The molecule has 0 aliphatic rings. The second-order valence-corrected chi connectivity index (χ2v) is 3.55. The predicted molar refractivity (Wildman–Crippen MR) is 55.9 cm³/mol. The molecule has 1 N–H and O–H groups in total. The van der Waals surface area contributed by atoms with Crippen molar-refractivity contribution in [2.24, 2.45) is 7.05 Å². The van der Waals surface area contributed by atoms with Crippen molar-refractivity contribution in [3.63, 3.8) is 0 Å². The quantitative estimate of drug-likeness (QED) is 0.645. The topological polar surface area (TPSA) is 46.0 Å². The molecule has 0 amide bonds. The van der Waals surface area contributed by atoms with E-state index in [2.05, 4.69) is 27.5 Å². The summed E-state index contributed by atoms with van der Waals surface area (Å²) in [6.45, 7) is 3.00. The van der Waals surface area contributed by atoms with E-state index in [0.717, 1.165) is 31.9 Å². The maximum absolute atomic E-state index is 4.04. The molecule has 1 aromatic rings. The van der Waals surface area contributed by atoms with Crippen LogP contribution in [0.5, 0.6) is 0 Å². The summed E-state index contributed by atoms with van der Waals surface area (Å²) in [4.78, 5) is 2.25. The van der Waals surface area contributed by atoms with Gasteiger partial charge >= 0.3 is 0 Å². The Hall–Kier alpha value is -0.940. The SMILES string of the molecule is CNCCCN(C)Cc1nncn1C. The van der Waals surface area contributed by atoms with Crippen molar-refractivity contribution in [3.8, 4) is 0 Å². The van der Waals surface area contributed by atoms with Gasteiger partial charge in [0.2, 0.25) is 0 Å². The molecule has 14 heavy (non-hydrogen) atoms. The molecule has 0 saturated carbocycles. The average molecular weight is 197 g/mol. The van der Waals surface area contributed by atoms with Gasteiger partial charge in [0.05, 0.1) is 6.54 Å². The van der Waals surface area contributed by atoms with Crippen LogP contribution in [0.2, 0.25) is 0 Å². The van der Waals surface area contributed by atoms with Crippen LogP contribution < -0.4 is 5.32 Å². The highest BCUT2D eigenvalue weighted by atomic mass is 15.3. The highest BCUT2D eigenvalue weighted by molar-refractivity contribution is 4.83. The molecule has 0 unspecified atom stereocenters. The van der Waals surface area contributed by atoms with E-state index in [9.17, 15) is 0 Å². The lowest BCUT2D eigenvalue weighted by atomic mass is 10.4. The van der Waals surface area contributed by atoms with Crippen LogP contribution in [0, 0.1) is 0 Å². The summed E-state index contributed by atoms with van der Waals surface area (Å²) in [6, 6.07) is 0. The van der Waals surface area contributed by atoms with Gasteiger partial charge in [0, 0.05) is 7.05 Å². The maximum Gasteiger partial charge on any atom is 0.146 e. The molecule has 0 spiro atoms. The molecular formula is C9H19N5. The van der Waals surface area contributed by atoms with Crippen LogP contribution in [0.15, 0.2) is 6.33 Å². The van der Waals surface area contributed by atoms with E-state index in [-0.39, 0.29) is 0 Å². The summed E-state index contributed by atoms with van der Waals surface area (Å²) in [5, 5.41) is 11.0. The fourth-order valence-corrected chi connectivity index (χ4v) is 1.30. The van der Waals surface area contributed by atoms with Gasteiger partial charge in [0.15, 0.2) is 0 Å². The van der Waals surface area contributed by atoms with Crippen LogP contribution in [0.3, 0.4) is 0 Å². The fourth-order valence-electron chi connectivity index (χ4n) is 1.30. The summed E-state index contributed by atoms with van der Waals surface area (Å²) in [5.74, 6) is 1.01. The minimum absolute atomic E-state index is 0.861. The van der Waals surface area contributed by atoms with E-state index < -0.39 is 0 Å². The van der Waals surface area contributed by atoms with Crippen LogP contribution in [0.25, 0.3) is 0 Å². The molecule has 0 bridgehead atoms. The Morgan fingerprint density at radius 1 is 1.57 bits per heavy atom. The van der Waals surface area contributed by atoms with Gasteiger partial charge in [-0.1, -0.05) is 0 Å². The number of rotatable bonds is 6. The molecule has 1 aromatic heterocycles. The molecule has 1 heterocycles. The van der Waals surface area contributed by atoms with E-state index in [0.29, 0.717) is 0 Å². The normalized spacial score (nSPS) is 11.1. The predicted octanol–water partition coefficient (Wildman–Crippen LogP) is -0.144. The van der Waals surface area contributed by atoms with Crippen molar-refractivity contribution >= 4 is 0 Å². The Balaban J connectivity index is 2.27. The zero-order valence-corrected chi connectivity index (χ0v) is 9.19. The molecule has 5 nitrogen and oxygen atoms in total. The van der Waals surface area contributed by atoms with Crippen molar-refractivity contribution in [2.75, 3.05) is 27.2 Å². The number of nitrogens with one attached hydrogen (secondary N) is 1. The Morgan fingerprint density at radius 3 is 2.93 bits per heavy atom. The Morgan fingerprint density at radius 2 is 2.36 bits per heavy atom. The third-order valence-corrected chi connectivity index (χ3v) is 2.18. The largest absolute Gasteiger partial charge is 0.320 e. The van der Waals surface area contributed by atoms with E-state index in [1.165, 1.54) is 0 Å². The molecule has 0 aromatic carbocycles. The minimum atomic E-state index is 0.861. The summed E-state index contributed by atoms with van der Waals surface area (Å²) in [5.41, 5.74) is 0. The monoisotopic (exact) mass is 197 g/mol. The summed E-state index contributed by atoms with van der Waals surface area (Å²) >= 11 is 0. The molecule has 0 fully saturated rings. The van der Waals surface area contributed by atoms with Gasteiger partial charge in [-0.3, -0.25) is 4.90 Å². The second kappa shape index (κ2) is 5.72. The van der Waals surface area contributed by atoms with Crippen LogP contribution in [0.4, 0.5) is 0 Å². The summed E-state index contributed by atoms with van der Waals surface area (Å²) in [6.07, 6.45) is 2.89. The second-order valence-electron chi connectivity index (χ2n) is 3.55. The lowest BCUT2D eigenvalue weighted by Crippen LogP contribution is -2.23. The van der Waals surface area contributed by atoms with Gasteiger partial charge in [0.25, 0.3) is 0 Å². The molecule has 0 atom stereocenters. The Kier molecular flexibility index (Phi) is 4.55. The maximum atomic E-state index is 4.04. The van der Waals surface area contributed by atoms with E-state index >= 15 is 0 Å². The van der Waals surface area contributed by atoms with Crippen molar-refractivity contribution in [2.45, 2.75) is 13.0 Å². The highest BCUT2D eigenvalue weighted by Crippen LogP contribution is 1.97. The summed E-state index contributed by atoms with van der Waals surface area (Å²) < 4.78 is 1.95. The first kappa shape index (κ1) is 11.1. The van der Waals surface area contributed by atoms with Crippen LogP contribution in [-0.2, 0) is 13.6 Å². The van der Waals surface area contributed by atoms with Crippen molar-refractivity contribution in [1.29, 1.82) is 0 Å². The molecule has 5 heteroatoms. The van der Waals surface area contributed by atoms with Gasteiger partial charge < -0.3 is 9.88 Å². The van der Waals surface area contributed by atoms with Crippen molar-refractivity contribution in [3.05, 3.63) is 12.2 Å². The highest BCUT2D eigenvalue weighted by Gasteiger charge is 2.04.